The lowest BCUT2D eigenvalue weighted by molar-refractivity contribution is 0.906. The van der Waals surface area contributed by atoms with E-state index in [-0.39, 0.29) is 0 Å². The molecule has 4 heteroatoms. The van der Waals surface area contributed by atoms with Crippen LogP contribution in [0.25, 0.3) is 0 Å². The van der Waals surface area contributed by atoms with Crippen molar-refractivity contribution in [2.45, 2.75) is 27.3 Å². The van der Waals surface area contributed by atoms with Gasteiger partial charge in [-0.05, 0) is 12.5 Å². The van der Waals surface area contributed by atoms with Gasteiger partial charge in [0.1, 0.15) is 0 Å². The van der Waals surface area contributed by atoms with Gasteiger partial charge in [0.15, 0.2) is 0 Å². The Morgan fingerprint density at radius 3 is 2.17 bits per heavy atom. The summed E-state index contributed by atoms with van der Waals surface area (Å²) in [6.45, 7) is 6.70. The van der Waals surface area contributed by atoms with Crippen molar-refractivity contribution in [2.75, 3.05) is 14.1 Å². The first kappa shape index (κ1) is 18.5. The summed E-state index contributed by atoms with van der Waals surface area (Å²) >= 11 is 0. The van der Waals surface area contributed by atoms with Crippen molar-refractivity contribution in [1.82, 2.24) is 10.7 Å². The minimum atomic E-state index is 0.845. The Bertz CT molecular complexity index is 294. The van der Waals surface area contributed by atoms with Gasteiger partial charge in [0.25, 0.3) is 0 Å². The number of nitrogens with zero attached hydrogens (tertiary/aromatic N) is 2. The van der Waals surface area contributed by atoms with Gasteiger partial charge >= 0.3 is 0 Å². The molecule has 0 radical (unpaired) electrons. The zero-order valence-corrected chi connectivity index (χ0v) is 12.1. The fourth-order valence-electron chi connectivity index (χ4n) is 0.980. The minimum absolute atomic E-state index is 0.845. The molecule has 102 valence electrons. The van der Waals surface area contributed by atoms with Crippen LogP contribution >= 0.6 is 0 Å². The first-order chi connectivity index (χ1) is 8.85. The molecule has 2 N–H and O–H groups in total. The van der Waals surface area contributed by atoms with Crippen LogP contribution < -0.4 is 10.7 Å². The highest BCUT2D eigenvalue weighted by molar-refractivity contribution is 5.53. The molecular weight excluding hydrogens is 224 g/mol. The number of benzene rings is 1. The summed E-state index contributed by atoms with van der Waals surface area (Å²) < 4.78 is 0. The molecule has 0 saturated heterocycles. The average molecular weight is 250 g/mol. The highest BCUT2D eigenvalue weighted by atomic mass is 15.2. The second kappa shape index (κ2) is 17.6. The van der Waals surface area contributed by atoms with Crippen LogP contribution in [0.4, 0.5) is 0 Å². The van der Waals surface area contributed by atoms with Crippen molar-refractivity contribution < 1.29 is 0 Å². The van der Waals surface area contributed by atoms with E-state index in [2.05, 4.69) is 33.0 Å². The quantitative estimate of drug-likeness (QED) is 0.490. The Labute approximate surface area is 111 Å². The summed E-state index contributed by atoms with van der Waals surface area (Å²) in [5.74, 6) is 0. The summed E-state index contributed by atoms with van der Waals surface area (Å²) in [6, 6.07) is 10.2. The van der Waals surface area contributed by atoms with Crippen molar-refractivity contribution in [2.24, 2.45) is 10.1 Å². The molecule has 0 aromatic heterocycles. The number of nitrogens with one attached hydrogen (secondary N) is 2. The molecule has 0 heterocycles. The van der Waals surface area contributed by atoms with E-state index >= 15 is 0 Å². The van der Waals surface area contributed by atoms with Gasteiger partial charge in [-0.1, -0.05) is 44.2 Å². The van der Waals surface area contributed by atoms with Crippen LogP contribution in [0.2, 0.25) is 0 Å². The SMILES string of the molecule is C/C=N/NC.CC.CN=CNCc1ccccc1. The van der Waals surface area contributed by atoms with Crippen LogP contribution in [0.5, 0.6) is 0 Å². The molecule has 0 fully saturated rings. The minimum Gasteiger partial charge on any atom is -0.372 e. The van der Waals surface area contributed by atoms with Crippen molar-refractivity contribution in [1.29, 1.82) is 0 Å². The van der Waals surface area contributed by atoms with Crippen molar-refractivity contribution in [3.63, 3.8) is 0 Å². The zero-order valence-electron chi connectivity index (χ0n) is 12.1. The van der Waals surface area contributed by atoms with E-state index in [1.54, 1.807) is 26.6 Å². The molecule has 1 aromatic rings. The molecule has 0 aliphatic rings. The predicted molar refractivity (Wildman–Crippen MR) is 82.3 cm³/mol. The molecule has 0 bridgehead atoms. The molecule has 1 rings (SSSR count). The molecule has 0 aliphatic carbocycles. The highest BCUT2D eigenvalue weighted by Gasteiger charge is 1.85. The topological polar surface area (TPSA) is 48.8 Å². The fraction of sp³-hybridized carbons (Fsp3) is 0.429. The first-order valence-corrected chi connectivity index (χ1v) is 6.17. The summed E-state index contributed by atoms with van der Waals surface area (Å²) in [5, 5.41) is 6.66. The number of aliphatic imine (C=N–C) groups is 1. The largest absolute Gasteiger partial charge is 0.372 e. The van der Waals surface area contributed by atoms with E-state index in [1.807, 2.05) is 39.0 Å². The molecule has 0 saturated carbocycles. The Kier molecular flexibility index (Phi) is 18.1. The van der Waals surface area contributed by atoms with Crippen molar-refractivity contribution >= 4 is 12.6 Å². The van der Waals surface area contributed by atoms with Gasteiger partial charge < -0.3 is 10.7 Å². The number of hydrogen-bond donors (Lipinski definition) is 2. The van der Waals surface area contributed by atoms with E-state index in [4.69, 9.17) is 0 Å². The maximum absolute atomic E-state index is 3.81. The predicted octanol–water partition coefficient (Wildman–Crippen LogP) is 2.67. The van der Waals surface area contributed by atoms with E-state index < -0.39 is 0 Å². The third-order valence-electron chi connectivity index (χ3n) is 1.63. The molecule has 1 aromatic carbocycles. The van der Waals surface area contributed by atoms with Crippen LogP contribution in [0.1, 0.15) is 26.3 Å². The van der Waals surface area contributed by atoms with Crippen LogP contribution in [0.3, 0.4) is 0 Å². The third kappa shape index (κ3) is 14.2. The van der Waals surface area contributed by atoms with E-state index in [1.165, 1.54) is 5.56 Å². The smallest absolute Gasteiger partial charge is 0.0823 e. The molecule has 18 heavy (non-hydrogen) atoms. The summed E-state index contributed by atoms with van der Waals surface area (Å²) in [5.41, 5.74) is 3.86. The molecule has 4 nitrogen and oxygen atoms in total. The molecule has 0 amide bonds. The van der Waals surface area contributed by atoms with Gasteiger partial charge in [0, 0.05) is 26.9 Å². The Hall–Kier alpha value is -1.84. The van der Waals surface area contributed by atoms with E-state index in [0.29, 0.717) is 0 Å². The summed E-state index contributed by atoms with van der Waals surface area (Å²) in [4.78, 5) is 3.81. The lowest BCUT2D eigenvalue weighted by Gasteiger charge is -1.98. The van der Waals surface area contributed by atoms with Gasteiger partial charge in [-0.3, -0.25) is 4.99 Å². The van der Waals surface area contributed by atoms with Crippen LogP contribution in [0.15, 0.2) is 40.4 Å². The fourth-order valence-corrected chi connectivity index (χ4v) is 0.980. The molecule has 0 aliphatic heterocycles. The Balaban J connectivity index is 0. The van der Waals surface area contributed by atoms with Gasteiger partial charge in [0.05, 0.1) is 6.34 Å². The van der Waals surface area contributed by atoms with Gasteiger partial charge in [-0.25, -0.2) is 0 Å². The first-order valence-electron chi connectivity index (χ1n) is 6.17. The Morgan fingerprint density at radius 1 is 1.17 bits per heavy atom. The van der Waals surface area contributed by atoms with Crippen molar-refractivity contribution in [3.05, 3.63) is 35.9 Å². The van der Waals surface area contributed by atoms with Gasteiger partial charge in [-0.15, -0.1) is 0 Å². The molecule has 0 atom stereocenters. The second-order valence-electron chi connectivity index (χ2n) is 2.86. The second-order valence-corrected chi connectivity index (χ2v) is 2.86. The average Bonchev–Trinajstić information content (AvgIpc) is 2.44. The lowest BCUT2D eigenvalue weighted by Crippen LogP contribution is -2.09. The molecule has 0 unspecified atom stereocenters. The van der Waals surface area contributed by atoms with E-state index in [9.17, 15) is 0 Å². The highest BCUT2D eigenvalue weighted by Crippen LogP contribution is 1.95. The zero-order chi connectivity index (χ0) is 14.1. The number of hydrogen-bond acceptors (Lipinski definition) is 3. The lowest BCUT2D eigenvalue weighted by atomic mass is 10.2. The third-order valence-corrected chi connectivity index (χ3v) is 1.63. The van der Waals surface area contributed by atoms with Crippen LogP contribution in [-0.4, -0.2) is 26.6 Å². The monoisotopic (exact) mass is 250 g/mol. The van der Waals surface area contributed by atoms with Gasteiger partial charge in [0.2, 0.25) is 0 Å². The Morgan fingerprint density at radius 2 is 1.78 bits per heavy atom. The van der Waals surface area contributed by atoms with E-state index in [0.717, 1.165) is 6.54 Å². The normalized spacial score (nSPS) is 9.17. The molecule has 0 spiro atoms. The molecular formula is C14H26N4. The van der Waals surface area contributed by atoms with Crippen LogP contribution in [0, 0.1) is 0 Å². The summed E-state index contributed by atoms with van der Waals surface area (Å²) in [6.07, 6.45) is 3.40. The summed E-state index contributed by atoms with van der Waals surface area (Å²) in [7, 11) is 3.51. The van der Waals surface area contributed by atoms with Crippen LogP contribution in [-0.2, 0) is 6.54 Å². The number of rotatable bonds is 4. The van der Waals surface area contributed by atoms with Gasteiger partial charge in [-0.2, -0.15) is 5.10 Å². The standard InChI is InChI=1S/C9H12N2.C3H8N2.C2H6/c1-10-8-11-7-9-5-3-2-4-6-9;1-3-5-4-2;1-2/h2-6,8H,7H2,1H3,(H,10,11);3-4H,1-2H3;1-2H3/b;5-3+;. The maximum atomic E-state index is 3.81. The van der Waals surface area contributed by atoms with Crippen molar-refractivity contribution in [3.8, 4) is 0 Å². The number of hydrazone groups is 1. The maximum Gasteiger partial charge on any atom is 0.0823 e.